The molecule has 0 spiro atoms. The summed E-state index contributed by atoms with van der Waals surface area (Å²) in [6.07, 6.45) is 6.08. The van der Waals surface area contributed by atoms with E-state index in [4.69, 9.17) is 4.99 Å². The summed E-state index contributed by atoms with van der Waals surface area (Å²) < 4.78 is 0. The number of nitrogens with zero attached hydrogens (tertiary/aromatic N) is 2. The van der Waals surface area contributed by atoms with Gasteiger partial charge in [0.1, 0.15) is 0 Å². The van der Waals surface area contributed by atoms with Gasteiger partial charge in [-0.2, -0.15) is 0 Å². The van der Waals surface area contributed by atoms with E-state index in [0.717, 1.165) is 64.2 Å². The summed E-state index contributed by atoms with van der Waals surface area (Å²) in [5.74, 6) is 1.60. The lowest BCUT2D eigenvalue weighted by Crippen LogP contribution is -2.45. The van der Waals surface area contributed by atoms with Crippen LogP contribution in [0.25, 0.3) is 0 Å². The number of aliphatic hydroxyl groups is 1. The maximum atomic E-state index is 11.4. The topological polar surface area (TPSA) is 77.0 Å². The van der Waals surface area contributed by atoms with E-state index in [1.165, 1.54) is 6.42 Å². The molecular formula is C19H37IN4O2. The van der Waals surface area contributed by atoms with E-state index >= 15 is 0 Å². The third-order valence-corrected chi connectivity index (χ3v) is 5.84. The summed E-state index contributed by atoms with van der Waals surface area (Å²) in [7, 11) is 0. The molecule has 0 aromatic rings. The Bertz CT molecular complexity index is 466. The molecule has 7 heteroatoms. The predicted octanol–water partition coefficient (Wildman–Crippen LogP) is 2.36. The molecule has 2 aliphatic rings. The molecule has 2 fully saturated rings. The van der Waals surface area contributed by atoms with Gasteiger partial charge < -0.3 is 20.6 Å². The zero-order valence-electron chi connectivity index (χ0n) is 16.6. The van der Waals surface area contributed by atoms with Crippen LogP contribution in [0.15, 0.2) is 4.99 Å². The molecule has 1 aliphatic carbocycles. The van der Waals surface area contributed by atoms with Crippen molar-refractivity contribution in [2.45, 2.75) is 65.4 Å². The molecule has 1 saturated heterocycles. The van der Waals surface area contributed by atoms with Crippen LogP contribution in [-0.4, -0.2) is 60.7 Å². The quantitative estimate of drug-likeness (QED) is 0.321. The van der Waals surface area contributed by atoms with Crippen LogP contribution in [0.2, 0.25) is 0 Å². The van der Waals surface area contributed by atoms with Crippen LogP contribution in [0.1, 0.15) is 59.3 Å². The minimum absolute atomic E-state index is 0. The SMILES string of the molecule is CCNC(=NCC1(C)CCCCC1O)NCC1CCN(C(C)=O)CC1.I. The molecule has 1 amide bonds. The first-order valence-electron chi connectivity index (χ1n) is 9.90. The van der Waals surface area contributed by atoms with Crippen LogP contribution in [0.5, 0.6) is 0 Å². The summed E-state index contributed by atoms with van der Waals surface area (Å²) >= 11 is 0. The van der Waals surface area contributed by atoms with Gasteiger partial charge in [0.15, 0.2) is 5.96 Å². The number of hydrogen-bond acceptors (Lipinski definition) is 3. The van der Waals surface area contributed by atoms with Crippen molar-refractivity contribution in [3.8, 4) is 0 Å². The number of aliphatic hydroxyl groups excluding tert-OH is 1. The molecule has 0 radical (unpaired) electrons. The Hall–Kier alpha value is -0.570. The molecule has 152 valence electrons. The van der Waals surface area contributed by atoms with E-state index < -0.39 is 0 Å². The Labute approximate surface area is 175 Å². The number of rotatable bonds is 5. The number of hydrogen-bond donors (Lipinski definition) is 3. The molecule has 2 unspecified atom stereocenters. The molecule has 2 rings (SSSR count). The first kappa shape index (κ1) is 23.5. The van der Waals surface area contributed by atoms with Gasteiger partial charge in [-0.3, -0.25) is 9.79 Å². The van der Waals surface area contributed by atoms with Gasteiger partial charge >= 0.3 is 0 Å². The lowest BCUT2D eigenvalue weighted by atomic mass is 9.73. The van der Waals surface area contributed by atoms with Crippen LogP contribution in [0, 0.1) is 11.3 Å². The van der Waals surface area contributed by atoms with E-state index in [-0.39, 0.29) is 41.4 Å². The van der Waals surface area contributed by atoms with E-state index in [9.17, 15) is 9.90 Å². The fraction of sp³-hybridized carbons (Fsp3) is 0.895. The molecule has 3 N–H and O–H groups in total. The maximum Gasteiger partial charge on any atom is 0.219 e. The Morgan fingerprint density at radius 1 is 1.23 bits per heavy atom. The van der Waals surface area contributed by atoms with Crippen LogP contribution in [0.3, 0.4) is 0 Å². The normalized spacial score (nSPS) is 27.6. The third kappa shape index (κ3) is 6.87. The zero-order valence-corrected chi connectivity index (χ0v) is 18.9. The van der Waals surface area contributed by atoms with Crippen molar-refractivity contribution < 1.29 is 9.90 Å². The number of aliphatic imine (C=N–C) groups is 1. The van der Waals surface area contributed by atoms with Crippen LogP contribution in [-0.2, 0) is 4.79 Å². The zero-order chi connectivity index (χ0) is 18.3. The van der Waals surface area contributed by atoms with Gasteiger partial charge in [-0.25, -0.2) is 0 Å². The lowest BCUT2D eigenvalue weighted by Gasteiger charge is -2.37. The van der Waals surface area contributed by atoms with Gasteiger partial charge in [0.2, 0.25) is 5.91 Å². The van der Waals surface area contributed by atoms with Crippen molar-refractivity contribution in [1.82, 2.24) is 15.5 Å². The first-order valence-corrected chi connectivity index (χ1v) is 9.90. The van der Waals surface area contributed by atoms with Crippen molar-refractivity contribution in [2.24, 2.45) is 16.3 Å². The highest BCUT2D eigenvalue weighted by Crippen LogP contribution is 2.36. The number of halogens is 1. The summed E-state index contributed by atoms with van der Waals surface area (Å²) in [4.78, 5) is 18.1. The maximum absolute atomic E-state index is 11.4. The Balaban J connectivity index is 0.00000338. The minimum atomic E-state index is -0.246. The van der Waals surface area contributed by atoms with Gasteiger partial charge in [-0.15, -0.1) is 24.0 Å². The predicted molar refractivity (Wildman–Crippen MR) is 117 cm³/mol. The molecule has 1 saturated carbocycles. The molecule has 1 heterocycles. The number of piperidine rings is 1. The number of guanidine groups is 1. The average Bonchev–Trinajstić information content (AvgIpc) is 2.60. The fourth-order valence-electron chi connectivity index (χ4n) is 3.86. The van der Waals surface area contributed by atoms with Crippen LogP contribution >= 0.6 is 24.0 Å². The fourth-order valence-corrected chi connectivity index (χ4v) is 3.86. The highest BCUT2D eigenvalue weighted by Gasteiger charge is 2.35. The summed E-state index contributed by atoms with van der Waals surface area (Å²) in [5.41, 5.74) is -0.104. The van der Waals surface area contributed by atoms with Gasteiger partial charge in [0, 0.05) is 38.5 Å². The van der Waals surface area contributed by atoms with Gasteiger partial charge in [0.05, 0.1) is 12.6 Å². The Morgan fingerprint density at radius 2 is 1.92 bits per heavy atom. The Kier molecular flexibility index (Phi) is 10.2. The van der Waals surface area contributed by atoms with Crippen LogP contribution in [0.4, 0.5) is 0 Å². The van der Waals surface area contributed by atoms with Crippen molar-refractivity contribution in [2.75, 3.05) is 32.7 Å². The van der Waals surface area contributed by atoms with Crippen molar-refractivity contribution in [1.29, 1.82) is 0 Å². The van der Waals surface area contributed by atoms with E-state index in [0.29, 0.717) is 12.5 Å². The smallest absolute Gasteiger partial charge is 0.219 e. The highest BCUT2D eigenvalue weighted by atomic mass is 127. The van der Waals surface area contributed by atoms with Gasteiger partial charge in [-0.05, 0) is 38.5 Å². The molecule has 0 bridgehead atoms. The number of nitrogens with one attached hydrogen (secondary N) is 2. The molecule has 0 aromatic heterocycles. The van der Waals surface area contributed by atoms with Crippen molar-refractivity contribution in [3.05, 3.63) is 0 Å². The Morgan fingerprint density at radius 3 is 2.50 bits per heavy atom. The molecular weight excluding hydrogens is 443 g/mol. The van der Waals surface area contributed by atoms with Gasteiger partial charge in [-0.1, -0.05) is 19.8 Å². The average molecular weight is 480 g/mol. The number of likely N-dealkylation sites (tertiary alicyclic amines) is 1. The first-order chi connectivity index (χ1) is 11.9. The number of amides is 1. The lowest BCUT2D eigenvalue weighted by molar-refractivity contribution is -0.130. The largest absolute Gasteiger partial charge is 0.392 e. The second-order valence-electron chi connectivity index (χ2n) is 7.94. The van der Waals surface area contributed by atoms with E-state index in [2.05, 4.69) is 24.5 Å². The van der Waals surface area contributed by atoms with Crippen molar-refractivity contribution >= 4 is 35.8 Å². The number of carbonyl (C=O) groups excluding carboxylic acids is 1. The minimum Gasteiger partial charge on any atom is -0.392 e. The molecule has 0 aromatic carbocycles. The number of carbonyl (C=O) groups is 1. The second kappa shape index (κ2) is 11.3. The summed E-state index contributed by atoms with van der Waals surface area (Å²) in [5, 5.41) is 17.1. The summed E-state index contributed by atoms with van der Waals surface area (Å²) in [6, 6.07) is 0. The van der Waals surface area contributed by atoms with Crippen LogP contribution < -0.4 is 10.6 Å². The standard InChI is InChI=1S/C19H36N4O2.HI/c1-4-20-18(22-14-19(3)10-6-5-7-17(19)25)21-13-16-8-11-23(12-9-16)15(2)24;/h16-17,25H,4-14H2,1-3H3,(H2,20,21,22);1H. The molecule has 2 atom stereocenters. The molecule has 26 heavy (non-hydrogen) atoms. The second-order valence-corrected chi connectivity index (χ2v) is 7.94. The van der Waals surface area contributed by atoms with Gasteiger partial charge in [0.25, 0.3) is 0 Å². The molecule has 1 aliphatic heterocycles. The highest BCUT2D eigenvalue weighted by molar-refractivity contribution is 14.0. The molecule has 6 nitrogen and oxygen atoms in total. The monoisotopic (exact) mass is 480 g/mol. The van der Waals surface area contributed by atoms with E-state index in [1.54, 1.807) is 6.92 Å². The van der Waals surface area contributed by atoms with E-state index in [1.807, 2.05) is 4.90 Å². The summed E-state index contributed by atoms with van der Waals surface area (Å²) in [6.45, 7) is 9.96. The van der Waals surface area contributed by atoms with Crippen molar-refractivity contribution in [3.63, 3.8) is 0 Å². The third-order valence-electron chi connectivity index (χ3n) is 5.84.